The summed E-state index contributed by atoms with van der Waals surface area (Å²) < 4.78 is 11.0. The van der Waals surface area contributed by atoms with E-state index in [-0.39, 0.29) is 5.91 Å². The summed E-state index contributed by atoms with van der Waals surface area (Å²) in [5, 5.41) is 3.18. The number of carbonyl (C=O) groups excluding carboxylic acids is 1. The smallest absolute Gasteiger partial charge is 0.256 e. The van der Waals surface area contributed by atoms with Crippen LogP contribution in [0.3, 0.4) is 0 Å². The molecule has 1 amide bonds. The predicted octanol–water partition coefficient (Wildman–Crippen LogP) is 2.24. The average Bonchev–Trinajstić information content (AvgIpc) is 3.36. The standard InChI is InChI=1S/C19H27N3O3/c23-19(17-14-24-12-13-25-17)20-18-15(21-8-1-2-9-21)6-5-7-16(18)22-10-3-4-11-22/h5-7,17H,1-4,8-14H2,(H,20,23)/t17-/m1/s1. The minimum Gasteiger partial charge on any atom is -0.376 e. The number of para-hydroxylation sites is 1. The van der Waals surface area contributed by atoms with Crippen molar-refractivity contribution in [2.45, 2.75) is 31.8 Å². The molecule has 1 N–H and O–H groups in total. The van der Waals surface area contributed by atoms with Gasteiger partial charge in [0, 0.05) is 26.2 Å². The Bertz CT molecular complexity index is 570. The summed E-state index contributed by atoms with van der Waals surface area (Å²) in [6.07, 6.45) is 4.32. The molecule has 6 nitrogen and oxygen atoms in total. The Morgan fingerprint density at radius 3 is 2.08 bits per heavy atom. The van der Waals surface area contributed by atoms with E-state index in [9.17, 15) is 4.79 Å². The summed E-state index contributed by atoms with van der Waals surface area (Å²) in [6, 6.07) is 6.36. The van der Waals surface area contributed by atoms with Gasteiger partial charge >= 0.3 is 0 Å². The van der Waals surface area contributed by atoms with Crippen LogP contribution in [0, 0.1) is 0 Å². The third kappa shape index (κ3) is 3.60. The van der Waals surface area contributed by atoms with E-state index in [1.807, 2.05) is 0 Å². The molecule has 3 saturated heterocycles. The number of nitrogens with one attached hydrogen (secondary N) is 1. The van der Waals surface area contributed by atoms with Crippen LogP contribution in [-0.2, 0) is 14.3 Å². The zero-order valence-electron chi connectivity index (χ0n) is 14.7. The van der Waals surface area contributed by atoms with Gasteiger partial charge in [-0.05, 0) is 37.8 Å². The highest BCUT2D eigenvalue weighted by atomic mass is 16.6. The van der Waals surface area contributed by atoms with E-state index in [2.05, 4.69) is 33.3 Å². The van der Waals surface area contributed by atoms with Crippen LogP contribution in [0.4, 0.5) is 17.1 Å². The molecule has 0 aromatic heterocycles. The topological polar surface area (TPSA) is 54.0 Å². The molecule has 0 radical (unpaired) electrons. The molecule has 3 aliphatic heterocycles. The van der Waals surface area contributed by atoms with Crippen molar-refractivity contribution in [3.63, 3.8) is 0 Å². The molecule has 1 aromatic carbocycles. The highest BCUT2D eigenvalue weighted by Crippen LogP contribution is 2.38. The monoisotopic (exact) mass is 345 g/mol. The molecule has 4 rings (SSSR count). The van der Waals surface area contributed by atoms with Gasteiger partial charge in [-0.15, -0.1) is 0 Å². The number of rotatable bonds is 4. The minimum absolute atomic E-state index is 0.105. The number of anilines is 3. The number of carbonyl (C=O) groups is 1. The maximum atomic E-state index is 12.7. The number of benzene rings is 1. The molecule has 0 unspecified atom stereocenters. The van der Waals surface area contributed by atoms with Gasteiger partial charge in [0.05, 0.1) is 36.9 Å². The molecule has 1 atom stereocenters. The number of hydrogen-bond acceptors (Lipinski definition) is 5. The number of ether oxygens (including phenoxy) is 2. The van der Waals surface area contributed by atoms with Gasteiger partial charge in [-0.25, -0.2) is 0 Å². The van der Waals surface area contributed by atoms with Crippen LogP contribution in [0.5, 0.6) is 0 Å². The molecule has 6 heteroatoms. The van der Waals surface area contributed by atoms with Crippen molar-refractivity contribution in [3.05, 3.63) is 18.2 Å². The van der Waals surface area contributed by atoms with Gasteiger partial charge in [-0.2, -0.15) is 0 Å². The van der Waals surface area contributed by atoms with Crippen LogP contribution in [0.2, 0.25) is 0 Å². The third-order valence-corrected chi connectivity index (χ3v) is 5.27. The second-order valence-electron chi connectivity index (χ2n) is 6.98. The van der Waals surface area contributed by atoms with Crippen LogP contribution in [-0.4, -0.2) is 58.0 Å². The van der Waals surface area contributed by atoms with Gasteiger partial charge in [-0.3, -0.25) is 4.79 Å². The van der Waals surface area contributed by atoms with Gasteiger partial charge in [0.15, 0.2) is 6.10 Å². The molecular weight excluding hydrogens is 318 g/mol. The molecule has 0 saturated carbocycles. The summed E-state index contributed by atoms with van der Waals surface area (Å²) >= 11 is 0. The van der Waals surface area contributed by atoms with Crippen molar-refractivity contribution in [2.75, 3.05) is 61.1 Å². The third-order valence-electron chi connectivity index (χ3n) is 5.27. The van der Waals surface area contributed by atoms with Crippen LogP contribution in [0.25, 0.3) is 0 Å². The first-order valence-electron chi connectivity index (χ1n) is 9.46. The van der Waals surface area contributed by atoms with E-state index in [0.29, 0.717) is 19.8 Å². The fourth-order valence-electron chi connectivity index (χ4n) is 3.94. The van der Waals surface area contributed by atoms with Crippen molar-refractivity contribution >= 4 is 23.0 Å². The van der Waals surface area contributed by atoms with E-state index in [1.54, 1.807) is 0 Å². The second-order valence-corrected chi connectivity index (χ2v) is 6.98. The lowest BCUT2D eigenvalue weighted by Gasteiger charge is -2.29. The average molecular weight is 345 g/mol. The Morgan fingerprint density at radius 1 is 0.960 bits per heavy atom. The maximum Gasteiger partial charge on any atom is 0.256 e. The molecule has 3 aliphatic rings. The lowest BCUT2D eigenvalue weighted by Crippen LogP contribution is -2.39. The number of nitrogens with zero attached hydrogens (tertiary/aromatic N) is 2. The van der Waals surface area contributed by atoms with Gasteiger partial charge < -0.3 is 24.6 Å². The highest BCUT2D eigenvalue weighted by molar-refractivity contribution is 6.01. The molecule has 0 spiro atoms. The summed E-state index contributed by atoms with van der Waals surface area (Å²) in [5.41, 5.74) is 3.20. The highest BCUT2D eigenvalue weighted by Gasteiger charge is 2.27. The molecule has 25 heavy (non-hydrogen) atoms. The number of amides is 1. The van der Waals surface area contributed by atoms with E-state index in [1.165, 1.54) is 25.7 Å². The van der Waals surface area contributed by atoms with Gasteiger partial charge in [0.25, 0.3) is 5.91 Å². The summed E-state index contributed by atoms with van der Waals surface area (Å²) in [5.74, 6) is -0.105. The maximum absolute atomic E-state index is 12.7. The van der Waals surface area contributed by atoms with E-state index < -0.39 is 6.10 Å². The first kappa shape index (κ1) is 16.7. The molecule has 136 valence electrons. The van der Waals surface area contributed by atoms with E-state index in [4.69, 9.17) is 9.47 Å². The molecule has 3 fully saturated rings. The van der Waals surface area contributed by atoms with E-state index >= 15 is 0 Å². The van der Waals surface area contributed by atoms with Gasteiger partial charge in [-0.1, -0.05) is 6.07 Å². The SMILES string of the molecule is O=C(Nc1c(N2CCCC2)cccc1N1CCCC1)[C@H]1COCCO1. The van der Waals surface area contributed by atoms with Crippen LogP contribution >= 0.6 is 0 Å². The first-order chi connectivity index (χ1) is 12.3. The lowest BCUT2D eigenvalue weighted by molar-refractivity contribution is -0.142. The molecule has 1 aromatic rings. The summed E-state index contributed by atoms with van der Waals surface area (Å²) in [4.78, 5) is 17.5. The van der Waals surface area contributed by atoms with Crippen LogP contribution in [0.1, 0.15) is 25.7 Å². The molecule has 0 bridgehead atoms. The van der Waals surface area contributed by atoms with Crippen LogP contribution < -0.4 is 15.1 Å². The van der Waals surface area contributed by atoms with Crippen molar-refractivity contribution in [1.82, 2.24) is 0 Å². The molecule has 3 heterocycles. The predicted molar refractivity (Wildman–Crippen MR) is 98.5 cm³/mol. The number of hydrogen-bond donors (Lipinski definition) is 1. The second kappa shape index (κ2) is 7.62. The van der Waals surface area contributed by atoms with E-state index in [0.717, 1.165) is 43.2 Å². The Morgan fingerprint density at radius 2 is 1.56 bits per heavy atom. The Balaban J connectivity index is 1.62. The van der Waals surface area contributed by atoms with Crippen molar-refractivity contribution in [3.8, 4) is 0 Å². The zero-order valence-corrected chi connectivity index (χ0v) is 14.7. The van der Waals surface area contributed by atoms with Crippen LogP contribution in [0.15, 0.2) is 18.2 Å². The first-order valence-corrected chi connectivity index (χ1v) is 9.46. The summed E-state index contributed by atoms with van der Waals surface area (Å²) in [6.45, 7) is 5.57. The lowest BCUT2D eigenvalue weighted by atomic mass is 10.1. The fraction of sp³-hybridized carbons (Fsp3) is 0.632. The van der Waals surface area contributed by atoms with Crippen molar-refractivity contribution in [1.29, 1.82) is 0 Å². The Labute approximate surface area is 149 Å². The van der Waals surface area contributed by atoms with Crippen molar-refractivity contribution in [2.24, 2.45) is 0 Å². The van der Waals surface area contributed by atoms with Gasteiger partial charge in [0.2, 0.25) is 0 Å². The zero-order chi connectivity index (χ0) is 17.1. The quantitative estimate of drug-likeness (QED) is 0.907. The Kier molecular flexibility index (Phi) is 5.08. The fourth-order valence-corrected chi connectivity index (χ4v) is 3.94. The Hall–Kier alpha value is -1.79. The normalized spacial score (nSPS) is 23.9. The molecule has 0 aliphatic carbocycles. The minimum atomic E-state index is -0.521. The van der Waals surface area contributed by atoms with Crippen molar-refractivity contribution < 1.29 is 14.3 Å². The summed E-state index contributed by atoms with van der Waals surface area (Å²) in [7, 11) is 0. The van der Waals surface area contributed by atoms with Gasteiger partial charge in [0.1, 0.15) is 0 Å². The molecular formula is C19H27N3O3. The largest absolute Gasteiger partial charge is 0.376 e.